The van der Waals surface area contributed by atoms with Gasteiger partial charge in [-0.05, 0) is 67.7 Å². The summed E-state index contributed by atoms with van der Waals surface area (Å²) >= 11 is 0. The summed E-state index contributed by atoms with van der Waals surface area (Å²) in [5.41, 5.74) is 0.496. The number of carbonyl (C=O) groups is 4. The highest BCUT2D eigenvalue weighted by molar-refractivity contribution is 6.10. The summed E-state index contributed by atoms with van der Waals surface area (Å²) < 4.78 is 9.87. The van der Waals surface area contributed by atoms with Crippen LogP contribution in [0.1, 0.15) is 52.0 Å². The van der Waals surface area contributed by atoms with Crippen LogP contribution in [-0.4, -0.2) is 54.5 Å². The Morgan fingerprint density at radius 1 is 1.21 bits per heavy atom. The maximum atomic E-state index is 13.1. The number of rotatable bonds is 6. The standard InChI is InChI=1S/C24H33N3O6/c1-15-12-17(33-14-20(29)32-5)6-7-18(15)25-19(28)13-27-21(30)24(26-22(27)31)10-8-16(9-11-24)23(2,3)4/h6-7,12,16H,8-11,13-14H2,1-5H3,(H,25,28)(H,26,31). The zero-order valence-corrected chi connectivity index (χ0v) is 19.9. The Balaban J connectivity index is 1.59. The molecular weight excluding hydrogens is 426 g/mol. The van der Waals surface area contributed by atoms with Crippen molar-refractivity contribution in [3.05, 3.63) is 23.8 Å². The predicted octanol–water partition coefficient (Wildman–Crippen LogP) is 3.01. The number of imide groups is 1. The second-order valence-electron chi connectivity index (χ2n) is 9.93. The van der Waals surface area contributed by atoms with Crippen LogP contribution in [0.25, 0.3) is 0 Å². The van der Waals surface area contributed by atoms with E-state index in [1.165, 1.54) is 7.11 Å². The SMILES string of the molecule is COC(=O)COc1ccc(NC(=O)CN2C(=O)NC3(CCC(C(C)(C)C)CC3)C2=O)c(C)c1. The Labute approximate surface area is 194 Å². The number of amides is 4. The molecule has 1 aliphatic carbocycles. The van der Waals surface area contributed by atoms with Crippen molar-refractivity contribution in [2.45, 2.75) is 58.9 Å². The van der Waals surface area contributed by atoms with Gasteiger partial charge in [-0.1, -0.05) is 20.8 Å². The fourth-order valence-corrected chi connectivity index (χ4v) is 4.54. The van der Waals surface area contributed by atoms with Gasteiger partial charge in [0.15, 0.2) is 6.61 Å². The van der Waals surface area contributed by atoms with Crippen molar-refractivity contribution in [1.29, 1.82) is 0 Å². The molecule has 2 aliphatic rings. The van der Waals surface area contributed by atoms with Crippen molar-refractivity contribution in [3.63, 3.8) is 0 Å². The van der Waals surface area contributed by atoms with E-state index in [4.69, 9.17) is 4.74 Å². The van der Waals surface area contributed by atoms with E-state index in [0.717, 1.165) is 17.7 Å². The smallest absolute Gasteiger partial charge is 0.343 e. The van der Waals surface area contributed by atoms with E-state index in [2.05, 4.69) is 36.1 Å². The first kappa shape index (κ1) is 24.5. The Morgan fingerprint density at radius 2 is 1.88 bits per heavy atom. The van der Waals surface area contributed by atoms with E-state index >= 15 is 0 Å². The molecule has 2 N–H and O–H groups in total. The molecule has 0 radical (unpaired) electrons. The molecule has 1 aromatic rings. The molecule has 0 aromatic heterocycles. The Kier molecular flexibility index (Phi) is 7.00. The third kappa shape index (κ3) is 5.46. The van der Waals surface area contributed by atoms with Gasteiger partial charge in [-0.15, -0.1) is 0 Å². The van der Waals surface area contributed by atoms with Crippen LogP contribution in [0.3, 0.4) is 0 Å². The molecule has 1 spiro atoms. The van der Waals surface area contributed by atoms with Gasteiger partial charge < -0.3 is 20.1 Å². The summed E-state index contributed by atoms with van der Waals surface area (Å²) in [5.74, 6) is -0.336. The van der Waals surface area contributed by atoms with Gasteiger partial charge in [0.1, 0.15) is 17.8 Å². The van der Waals surface area contributed by atoms with Crippen molar-refractivity contribution < 1.29 is 28.7 Å². The van der Waals surface area contributed by atoms with Gasteiger partial charge in [0.25, 0.3) is 5.91 Å². The van der Waals surface area contributed by atoms with Crippen LogP contribution in [0.2, 0.25) is 0 Å². The predicted molar refractivity (Wildman–Crippen MR) is 122 cm³/mol. The van der Waals surface area contributed by atoms with Crippen LogP contribution in [0, 0.1) is 18.3 Å². The number of methoxy groups -OCH3 is 1. The van der Waals surface area contributed by atoms with Gasteiger partial charge in [0.05, 0.1) is 7.11 Å². The van der Waals surface area contributed by atoms with Crippen molar-refractivity contribution in [2.75, 3.05) is 25.6 Å². The molecule has 2 fully saturated rings. The average Bonchev–Trinajstić information content (AvgIpc) is 2.97. The zero-order valence-electron chi connectivity index (χ0n) is 19.9. The van der Waals surface area contributed by atoms with Crippen LogP contribution >= 0.6 is 0 Å². The normalized spacial score (nSPS) is 22.8. The maximum Gasteiger partial charge on any atom is 0.343 e. The number of aryl methyl sites for hydroxylation is 1. The summed E-state index contributed by atoms with van der Waals surface area (Å²) in [4.78, 5) is 50.5. The second kappa shape index (κ2) is 9.41. The quantitative estimate of drug-likeness (QED) is 0.499. The van der Waals surface area contributed by atoms with Gasteiger partial charge >= 0.3 is 12.0 Å². The molecule has 3 rings (SSSR count). The van der Waals surface area contributed by atoms with Crippen LogP contribution in [0.5, 0.6) is 5.75 Å². The molecule has 0 atom stereocenters. The third-order valence-corrected chi connectivity index (χ3v) is 6.67. The molecule has 1 saturated carbocycles. The highest BCUT2D eigenvalue weighted by atomic mass is 16.6. The third-order valence-electron chi connectivity index (χ3n) is 6.67. The van der Waals surface area contributed by atoms with Crippen molar-refractivity contribution in [3.8, 4) is 5.75 Å². The molecule has 0 unspecified atom stereocenters. The number of ether oxygens (including phenoxy) is 2. The molecule has 1 heterocycles. The largest absolute Gasteiger partial charge is 0.482 e. The first-order valence-electron chi connectivity index (χ1n) is 11.2. The molecule has 0 bridgehead atoms. The summed E-state index contributed by atoms with van der Waals surface area (Å²) in [5, 5.41) is 5.60. The molecule has 1 saturated heterocycles. The van der Waals surface area contributed by atoms with E-state index in [1.807, 2.05) is 0 Å². The highest BCUT2D eigenvalue weighted by Gasteiger charge is 2.53. The lowest BCUT2D eigenvalue weighted by atomic mass is 9.67. The molecule has 9 heteroatoms. The molecule has 33 heavy (non-hydrogen) atoms. The van der Waals surface area contributed by atoms with Gasteiger partial charge in [0, 0.05) is 5.69 Å². The fourth-order valence-electron chi connectivity index (χ4n) is 4.54. The minimum Gasteiger partial charge on any atom is -0.482 e. The first-order chi connectivity index (χ1) is 15.4. The number of nitrogens with one attached hydrogen (secondary N) is 2. The average molecular weight is 460 g/mol. The maximum absolute atomic E-state index is 13.1. The Bertz CT molecular complexity index is 944. The van der Waals surface area contributed by atoms with Crippen LogP contribution in [0.15, 0.2) is 18.2 Å². The number of urea groups is 1. The minimum absolute atomic E-state index is 0.157. The number of hydrogen-bond donors (Lipinski definition) is 2. The van der Waals surface area contributed by atoms with Crippen molar-refractivity contribution in [2.24, 2.45) is 11.3 Å². The second-order valence-corrected chi connectivity index (χ2v) is 9.93. The molecule has 1 aliphatic heterocycles. The van der Waals surface area contributed by atoms with E-state index < -0.39 is 23.4 Å². The summed E-state index contributed by atoms with van der Waals surface area (Å²) in [6.07, 6.45) is 2.89. The monoisotopic (exact) mass is 459 g/mol. The van der Waals surface area contributed by atoms with Gasteiger partial charge in [0.2, 0.25) is 5.91 Å². The lowest BCUT2D eigenvalue weighted by molar-refractivity contribution is -0.143. The molecule has 4 amide bonds. The molecule has 9 nitrogen and oxygen atoms in total. The number of hydrogen-bond acceptors (Lipinski definition) is 6. The van der Waals surface area contributed by atoms with Gasteiger partial charge in [-0.2, -0.15) is 0 Å². The summed E-state index contributed by atoms with van der Waals surface area (Å²) in [6.45, 7) is 7.79. The Morgan fingerprint density at radius 3 is 2.45 bits per heavy atom. The number of nitrogens with zero attached hydrogens (tertiary/aromatic N) is 1. The Hall–Kier alpha value is -3.10. The lowest BCUT2D eigenvalue weighted by Crippen LogP contribution is -2.51. The number of benzene rings is 1. The van der Waals surface area contributed by atoms with Crippen LogP contribution in [-0.2, 0) is 19.1 Å². The van der Waals surface area contributed by atoms with Gasteiger partial charge in [-0.25, -0.2) is 9.59 Å². The molecular formula is C24H33N3O6. The van der Waals surface area contributed by atoms with E-state index in [1.54, 1.807) is 25.1 Å². The highest BCUT2D eigenvalue weighted by Crippen LogP contribution is 2.43. The van der Waals surface area contributed by atoms with E-state index in [9.17, 15) is 19.2 Å². The van der Waals surface area contributed by atoms with Crippen molar-refractivity contribution in [1.82, 2.24) is 10.2 Å². The lowest BCUT2D eigenvalue weighted by Gasteiger charge is -2.40. The zero-order chi connectivity index (χ0) is 24.4. The number of carbonyl (C=O) groups excluding carboxylic acids is 4. The molecule has 1 aromatic carbocycles. The summed E-state index contributed by atoms with van der Waals surface area (Å²) in [7, 11) is 1.28. The molecule has 180 valence electrons. The van der Waals surface area contributed by atoms with Crippen LogP contribution in [0.4, 0.5) is 10.5 Å². The topological polar surface area (TPSA) is 114 Å². The first-order valence-corrected chi connectivity index (χ1v) is 11.2. The minimum atomic E-state index is -0.895. The van der Waals surface area contributed by atoms with Crippen LogP contribution < -0.4 is 15.4 Å². The number of anilines is 1. The fraction of sp³-hybridized carbons (Fsp3) is 0.583. The van der Waals surface area contributed by atoms with E-state index in [0.29, 0.717) is 35.8 Å². The number of esters is 1. The summed E-state index contributed by atoms with van der Waals surface area (Å²) in [6, 6.07) is 4.41. The van der Waals surface area contributed by atoms with E-state index in [-0.39, 0.29) is 24.5 Å². The van der Waals surface area contributed by atoms with Crippen molar-refractivity contribution >= 4 is 29.5 Å². The van der Waals surface area contributed by atoms with Gasteiger partial charge in [-0.3, -0.25) is 14.5 Å².